The van der Waals surface area contributed by atoms with Crippen molar-refractivity contribution in [3.63, 3.8) is 0 Å². The van der Waals surface area contributed by atoms with Crippen LogP contribution >= 0.6 is 0 Å². The van der Waals surface area contributed by atoms with Crippen molar-refractivity contribution < 1.29 is 4.39 Å². The van der Waals surface area contributed by atoms with Crippen LogP contribution in [0.3, 0.4) is 0 Å². The molecule has 0 amide bonds. The monoisotopic (exact) mass is 330 g/mol. The molecule has 2 heterocycles. The van der Waals surface area contributed by atoms with Gasteiger partial charge in [-0.3, -0.25) is 4.90 Å². The van der Waals surface area contributed by atoms with Crippen molar-refractivity contribution in [2.45, 2.75) is 31.8 Å². The average Bonchev–Trinajstić information content (AvgIpc) is 2.88. The summed E-state index contributed by atoms with van der Waals surface area (Å²) in [5.74, 6) is 1.69. The van der Waals surface area contributed by atoms with E-state index in [1.807, 2.05) is 31.1 Å². The maximum atomic E-state index is 13.1. The number of aromatic nitrogens is 3. The van der Waals surface area contributed by atoms with Crippen LogP contribution in [0.25, 0.3) is 0 Å². The van der Waals surface area contributed by atoms with E-state index in [0.717, 1.165) is 13.0 Å². The van der Waals surface area contributed by atoms with Gasteiger partial charge in [0.15, 0.2) is 0 Å². The molecule has 0 unspecified atom stereocenters. The molecule has 1 saturated heterocycles. The molecular weight excluding hydrogens is 307 g/mol. The minimum absolute atomic E-state index is 0.196. The van der Waals surface area contributed by atoms with Gasteiger partial charge in [0.25, 0.3) is 0 Å². The number of nitrogens with zero attached hydrogens (tertiary/aromatic N) is 5. The summed E-state index contributed by atoms with van der Waals surface area (Å²) in [6.07, 6.45) is 1.03. The minimum atomic E-state index is -0.196. The summed E-state index contributed by atoms with van der Waals surface area (Å²) < 4.78 is 13.1. The largest absolute Gasteiger partial charge is 0.368 e. The Morgan fingerprint density at radius 1 is 1.21 bits per heavy atom. The fourth-order valence-electron chi connectivity index (χ4n) is 3.17. The van der Waals surface area contributed by atoms with Crippen LogP contribution in [-0.4, -0.2) is 46.5 Å². The number of nitrogens with two attached hydrogens (primary N) is 1. The number of hydrogen-bond acceptors (Lipinski definition) is 6. The molecule has 0 saturated carbocycles. The van der Waals surface area contributed by atoms with Crippen LogP contribution in [0.4, 0.5) is 16.3 Å². The number of benzene rings is 1. The molecule has 1 aromatic heterocycles. The number of nitrogen functional groups attached to an aromatic ring is 1. The fraction of sp³-hybridized carbons (Fsp3) is 0.471. The fourth-order valence-corrected chi connectivity index (χ4v) is 3.17. The van der Waals surface area contributed by atoms with Crippen LogP contribution in [0.15, 0.2) is 24.3 Å². The number of hydrogen-bond donors (Lipinski definition) is 1. The van der Waals surface area contributed by atoms with Gasteiger partial charge in [-0.2, -0.15) is 15.0 Å². The second kappa shape index (κ2) is 6.68. The summed E-state index contributed by atoms with van der Waals surface area (Å²) in [6.45, 7) is 3.73. The molecule has 6 nitrogen and oxygen atoms in total. The van der Waals surface area contributed by atoms with Crippen LogP contribution in [0.1, 0.15) is 30.7 Å². The Labute approximate surface area is 141 Å². The first-order chi connectivity index (χ1) is 11.4. The number of anilines is 2. The van der Waals surface area contributed by atoms with E-state index in [1.165, 1.54) is 17.7 Å². The van der Waals surface area contributed by atoms with Crippen LogP contribution in [0.5, 0.6) is 0 Å². The van der Waals surface area contributed by atoms with E-state index in [-0.39, 0.29) is 11.8 Å². The van der Waals surface area contributed by atoms with Gasteiger partial charge in [0, 0.05) is 26.7 Å². The number of likely N-dealkylation sites (tertiary alicyclic amines) is 1. The van der Waals surface area contributed by atoms with Crippen molar-refractivity contribution in [2.24, 2.45) is 0 Å². The molecular formula is C17H23FN6. The van der Waals surface area contributed by atoms with E-state index in [1.54, 1.807) is 0 Å². The maximum Gasteiger partial charge on any atom is 0.229 e. The van der Waals surface area contributed by atoms with E-state index in [2.05, 4.69) is 26.8 Å². The lowest BCUT2D eigenvalue weighted by Gasteiger charge is -2.20. The van der Waals surface area contributed by atoms with Crippen molar-refractivity contribution in [1.29, 1.82) is 0 Å². The summed E-state index contributed by atoms with van der Waals surface area (Å²) >= 11 is 0. The third-order valence-electron chi connectivity index (χ3n) is 4.48. The third kappa shape index (κ3) is 3.62. The molecule has 1 aliphatic rings. The summed E-state index contributed by atoms with van der Waals surface area (Å²) in [4.78, 5) is 17.0. The summed E-state index contributed by atoms with van der Waals surface area (Å²) in [5.41, 5.74) is 6.97. The lowest BCUT2D eigenvalue weighted by atomic mass is 9.97. The van der Waals surface area contributed by atoms with Gasteiger partial charge in [-0.1, -0.05) is 12.1 Å². The highest BCUT2D eigenvalue weighted by molar-refractivity contribution is 5.32. The van der Waals surface area contributed by atoms with E-state index in [9.17, 15) is 4.39 Å². The molecule has 0 radical (unpaired) electrons. The van der Waals surface area contributed by atoms with Gasteiger partial charge in [0.2, 0.25) is 11.9 Å². The van der Waals surface area contributed by atoms with Gasteiger partial charge in [-0.15, -0.1) is 0 Å². The SMILES string of the molecule is C[C@H]1C[C@H](c2ccc(F)cc2)CN1Cc1nc(N)nc(N(C)C)n1. The Kier molecular flexibility index (Phi) is 4.62. The second-order valence-corrected chi connectivity index (χ2v) is 6.57. The molecule has 7 heteroatoms. The molecule has 3 rings (SSSR count). The first kappa shape index (κ1) is 16.6. The number of halogens is 1. The standard InChI is InChI=1S/C17H23FN6/c1-11-8-13(12-4-6-14(18)7-5-12)9-24(11)10-15-20-16(19)22-17(21-15)23(2)3/h4-7,11,13H,8-10H2,1-3H3,(H2,19,20,21,22)/t11-,13-/m0/s1. The van der Waals surface area contributed by atoms with Gasteiger partial charge in [0.1, 0.15) is 11.6 Å². The Morgan fingerprint density at radius 2 is 1.92 bits per heavy atom. The first-order valence-corrected chi connectivity index (χ1v) is 8.09. The molecule has 2 aromatic rings. The van der Waals surface area contributed by atoms with Crippen molar-refractivity contribution in [3.05, 3.63) is 41.5 Å². The van der Waals surface area contributed by atoms with Crippen molar-refractivity contribution >= 4 is 11.9 Å². The Morgan fingerprint density at radius 3 is 2.58 bits per heavy atom. The lowest BCUT2D eigenvalue weighted by molar-refractivity contribution is 0.252. The van der Waals surface area contributed by atoms with Gasteiger partial charge in [-0.05, 0) is 37.0 Å². The third-order valence-corrected chi connectivity index (χ3v) is 4.48. The van der Waals surface area contributed by atoms with E-state index in [0.29, 0.717) is 30.3 Å². The van der Waals surface area contributed by atoms with Gasteiger partial charge in [-0.25, -0.2) is 4.39 Å². The molecule has 1 fully saturated rings. The quantitative estimate of drug-likeness (QED) is 0.925. The molecule has 0 bridgehead atoms. The second-order valence-electron chi connectivity index (χ2n) is 6.57. The molecule has 1 aliphatic heterocycles. The van der Waals surface area contributed by atoms with Crippen LogP contribution in [0.2, 0.25) is 0 Å². The Bertz CT molecular complexity index is 703. The lowest BCUT2D eigenvalue weighted by Crippen LogP contribution is -2.28. The molecule has 24 heavy (non-hydrogen) atoms. The Hall–Kier alpha value is -2.28. The van der Waals surface area contributed by atoms with Crippen LogP contribution < -0.4 is 10.6 Å². The molecule has 0 spiro atoms. The van der Waals surface area contributed by atoms with E-state index < -0.39 is 0 Å². The zero-order valence-corrected chi connectivity index (χ0v) is 14.3. The normalized spacial score (nSPS) is 21.2. The topological polar surface area (TPSA) is 71.2 Å². The molecule has 0 aliphatic carbocycles. The summed E-state index contributed by atoms with van der Waals surface area (Å²) in [7, 11) is 3.75. The van der Waals surface area contributed by atoms with E-state index >= 15 is 0 Å². The van der Waals surface area contributed by atoms with E-state index in [4.69, 9.17) is 5.73 Å². The molecule has 2 atom stereocenters. The van der Waals surface area contributed by atoms with Crippen LogP contribution in [0, 0.1) is 5.82 Å². The summed E-state index contributed by atoms with van der Waals surface area (Å²) in [6, 6.07) is 7.21. The maximum absolute atomic E-state index is 13.1. The Balaban J connectivity index is 1.73. The van der Waals surface area contributed by atoms with Crippen molar-refractivity contribution in [2.75, 3.05) is 31.3 Å². The van der Waals surface area contributed by atoms with Gasteiger partial charge >= 0.3 is 0 Å². The predicted octanol–water partition coefficient (Wildman–Crippen LogP) is 2.04. The molecule has 128 valence electrons. The van der Waals surface area contributed by atoms with Crippen molar-refractivity contribution in [1.82, 2.24) is 19.9 Å². The number of rotatable bonds is 4. The highest BCUT2D eigenvalue weighted by Gasteiger charge is 2.30. The highest BCUT2D eigenvalue weighted by Crippen LogP contribution is 2.32. The predicted molar refractivity (Wildman–Crippen MR) is 92.2 cm³/mol. The minimum Gasteiger partial charge on any atom is -0.368 e. The zero-order valence-electron chi connectivity index (χ0n) is 14.3. The zero-order chi connectivity index (χ0) is 17.3. The van der Waals surface area contributed by atoms with Crippen LogP contribution in [-0.2, 0) is 6.54 Å². The smallest absolute Gasteiger partial charge is 0.229 e. The summed E-state index contributed by atoms with van der Waals surface area (Å²) in [5, 5.41) is 0. The highest BCUT2D eigenvalue weighted by atomic mass is 19.1. The molecule has 2 N–H and O–H groups in total. The first-order valence-electron chi connectivity index (χ1n) is 8.09. The van der Waals surface area contributed by atoms with Gasteiger partial charge in [0.05, 0.1) is 6.54 Å². The van der Waals surface area contributed by atoms with Gasteiger partial charge < -0.3 is 10.6 Å². The van der Waals surface area contributed by atoms with Crippen molar-refractivity contribution in [3.8, 4) is 0 Å². The molecule has 1 aromatic carbocycles. The average molecular weight is 330 g/mol.